The summed E-state index contributed by atoms with van der Waals surface area (Å²) in [6, 6.07) is 9.05. The summed E-state index contributed by atoms with van der Waals surface area (Å²) in [5.74, 6) is -0.0828. The van der Waals surface area contributed by atoms with E-state index in [0.29, 0.717) is 16.0 Å². The van der Waals surface area contributed by atoms with E-state index in [2.05, 4.69) is 15.9 Å². The molecule has 5 heteroatoms. The Bertz CT molecular complexity index is 613. The van der Waals surface area contributed by atoms with E-state index in [1.54, 1.807) is 24.3 Å². The lowest BCUT2D eigenvalue weighted by Crippen LogP contribution is -2.07. The Morgan fingerprint density at radius 1 is 1.10 bits per heavy atom. The van der Waals surface area contributed by atoms with E-state index >= 15 is 0 Å². The van der Waals surface area contributed by atoms with Gasteiger partial charge in [-0.3, -0.25) is 4.79 Å². The minimum absolute atomic E-state index is 0.222. The predicted octanol–water partition coefficient (Wildman–Crippen LogP) is 3.84. The minimum Gasteiger partial charge on any atom is -0.496 e. The van der Waals surface area contributed by atoms with Gasteiger partial charge in [0.1, 0.15) is 22.9 Å². The van der Waals surface area contributed by atoms with Crippen LogP contribution in [-0.2, 0) is 0 Å². The summed E-state index contributed by atoms with van der Waals surface area (Å²) in [5.41, 5.74) is 0.495. The van der Waals surface area contributed by atoms with Crippen LogP contribution in [0.3, 0.4) is 0 Å². The van der Waals surface area contributed by atoms with Crippen molar-refractivity contribution in [3.8, 4) is 11.5 Å². The van der Waals surface area contributed by atoms with Crippen LogP contribution in [0, 0.1) is 5.82 Å². The SMILES string of the molecule is COc1cccc(OC)c1C(=O)c1cc(F)cc(Br)c1. The molecule has 0 saturated carbocycles. The lowest BCUT2D eigenvalue weighted by Gasteiger charge is -2.12. The van der Waals surface area contributed by atoms with Gasteiger partial charge in [-0.15, -0.1) is 0 Å². The third kappa shape index (κ3) is 2.82. The fourth-order valence-corrected chi connectivity index (χ4v) is 2.37. The van der Waals surface area contributed by atoms with Gasteiger partial charge in [0.2, 0.25) is 5.78 Å². The van der Waals surface area contributed by atoms with E-state index in [-0.39, 0.29) is 16.9 Å². The highest BCUT2D eigenvalue weighted by Gasteiger charge is 2.20. The Kier molecular flexibility index (Phi) is 4.39. The Morgan fingerprint density at radius 3 is 2.20 bits per heavy atom. The maximum Gasteiger partial charge on any atom is 0.200 e. The van der Waals surface area contributed by atoms with Crippen molar-refractivity contribution in [1.82, 2.24) is 0 Å². The van der Waals surface area contributed by atoms with Crippen LogP contribution in [0.25, 0.3) is 0 Å². The van der Waals surface area contributed by atoms with Gasteiger partial charge in [-0.05, 0) is 30.3 Å². The highest BCUT2D eigenvalue weighted by atomic mass is 79.9. The normalized spacial score (nSPS) is 10.2. The maximum absolute atomic E-state index is 13.4. The van der Waals surface area contributed by atoms with Crippen LogP contribution in [0.2, 0.25) is 0 Å². The van der Waals surface area contributed by atoms with E-state index in [1.807, 2.05) is 0 Å². The molecule has 0 atom stereocenters. The van der Waals surface area contributed by atoms with Gasteiger partial charge in [0, 0.05) is 10.0 Å². The number of rotatable bonds is 4. The molecule has 0 aromatic heterocycles. The van der Waals surface area contributed by atoms with Crippen LogP contribution in [0.4, 0.5) is 4.39 Å². The molecule has 0 unspecified atom stereocenters. The molecule has 0 aliphatic carbocycles. The van der Waals surface area contributed by atoms with Crippen molar-refractivity contribution in [1.29, 1.82) is 0 Å². The van der Waals surface area contributed by atoms with E-state index in [4.69, 9.17) is 9.47 Å². The molecule has 0 spiro atoms. The molecule has 2 aromatic carbocycles. The summed E-state index contributed by atoms with van der Waals surface area (Å²) < 4.78 is 24.3. The number of carbonyl (C=O) groups excluding carboxylic acids is 1. The predicted molar refractivity (Wildman–Crippen MR) is 77.1 cm³/mol. The van der Waals surface area contributed by atoms with Crippen molar-refractivity contribution in [3.05, 3.63) is 57.8 Å². The molecule has 0 N–H and O–H groups in total. The quantitative estimate of drug-likeness (QED) is 0.794. The average Bonchev–Trinajstić information content (AvgIpc) is 2.44. The third-order valence-corrected chi connectivity index (χ3v) is 3.24. The number of hydrogen-bond acceptors (Lipinski definition) is 3. The molecule has 2 aromatic rings. The van der Waals surface area contributed by atoms with Crippen LogP contribution >= 0.6 is 15.9 Å². The zero-order valence-corrected chi connectivity index (χ0v) is 12.5. The third-order valence-electron chi connectivity index (χ3n) is 2.78. The zero-order valence-electron chi connectivity index (χ0n) is 10.9. The fourth-order valence-electron chi connectivity index (χ4n) is 1.90. The van der Waals surface area contributed by atoms with Crippen LogP contribution in [0.5, 0.6) is 11.5 Å². The van der Waals surface area contributed by atoms with Crippen molar-refractivity contribution in [2.45, 2.75) is 0 Å². The van der Waals surface area contributed by atoms with E-state index in [9.17, 15) is 9.18 Å². The number of hydrogen-bond donors (Lipinski definition) is 0. The largest absolute Gasteiger partial charge is 0.496 e. The van der Waals surface area contributed by atoms with Crippen molar-refractivity contribution in [2.24, 2.45) is 0 Å². The number of ether oxygens (including phenoxy) is 2. The second-order valence-electron chi connectivity index (χ2n) is 4.02. The van der Waals surface area contributed by atoms with Gasteiger partial charge < -0.3 is 9.47 Å². The molecule has 20 heavy (non-hydrogen) atoms. The van der Waals surface area contributed by atoms with Gasteiger partial charge in [0.15, 0.2) is 0 Å². The summed E-state index contributed by atoms with van der Waals surface area (Å²) >= 11 is 3.17. The summed E-state index contributed by atoms with van der Waals surface area (Å²) in [6.45, 7) is 0. The smallest absolute Gasteiger partial charge is 0.200 e. The first-order chi connectivity index (χ1) is 9.56. The first kappa shape index (κ1) is 14.5. The number of halogens is 2. The molecule has 0 radical (unpaired) electrons. The lowest BCUT2D eigenvalue weighted by atomic mass is 10.0. The second kappa shape index (κ2) is 6.05. The summed E-state index contributed by atoms with van der Waals surface area (Å²) in [7, 11) is 2.93. The first-order valence-electron chi connectivity index (χ1n) is 5.78. The maximum atomic E-state index is 13.4. The standard InChI is InChI=1S/C15H12BrFO3/c1-19-12-4-3-5-13(20-2)14(12)15(18)9-6-10(16)8-11(17)7-9/h3-8H,1-2H3. The molecule has 0 heterocycles. The molecule has 2 rings (SSSR count). The van der Waals surface area contributed by atoms with Gasteiger partial charge in [-0.1, -0.05) is 22.0 Å². The second-order valence-corrected chi connectivity index (χ2v) is 4.94. The van der Waals surface area contributed by atoms with Gasteiger partial charge in [-0.25, -0.2) is 4.39 Å². The topological polar surface area (TPSA) is 35.5 Å². The van der Waals surface area contributed by atoms with Crippen molar-refractivity contribution in [3.63, 3.8) is 0 Å². The van der Waals surface area contributed by atoms with Gasteiger partial charge in [0.25, 0.3) is 0 Å². The molecule has 104 valence electrons. The van der Waals surface area contributed by atoms with Gasteiger partial charge in [0.05, 0.1) is 14.2 Å². The monoisotopic (exact) mass is 338 g/mol. The summed E-state index contributed by atoms with van der Waals surface area (Å²) in [5, 5.41) is 0. The summed E-state index contributed by atoms with van der Waals surface area (Å²) in [4.78, 5) is 12.6. The van der Waals surface area contributed by atoms with E-state index in [1.165, 1.54) is 26.4 Å². The van der Waals surface area contributed by atoms with E-state index in [0.717, 1.165) is 0 Å². The summed E-state index contributed by atoms with van der Waals surface area (Å²) in [6.07, 6.45) is 0. The Labute approximate surface area is 124 Å². The Hall–Kier alpha value is -1.88. The van der Waals surface area contributed by atoms with Gasteiger partial charge >= 0.3 is 0 Å². The minimum atomic E-state index is -0.489. The lowest BCUT2D eigenvalue weighted by molar-refractivity contribution is 0.103. The molecular formula is C15H12BrFO3. The highest BCUT2D eigenvalue weighted by molar-refractivity contribution is 9.10. The average molecular weight is 339 g/mol. The number of benzene rings is 2. The Morgan fingerprint density at radius 2 is 1.70 bits per heavy atom. The molecule has 0 fully saturated rings. The van der Waals surface area contributed by atoms with E-state index < -0.39 is 5.82 Å². The molecule has 0 amide bonds. The molecule has 0 bridgehead atoms. The fraction of sp³-hybridized carbons (Fsp3) is 0.133. The Balaban J connectivity index is 2.58. The highest BCUT2D eigenvalue weighted by Crippen LogP contribution is 2.31. The number of ketones is 1. The number of carbonyl (C=O) groups is 1. The molecule has 0 aliphatic heterocycles. The molecule has 0 aliphatic rings. The van der Waals surface area contributed by atoms with Gasteiger partial charge in [-0.2, -0.15) is 0 Å². The van der Waals surface area contributed by atoms with Crippen LogP contribution in [0.15, 0.2) is 40.9 Å². The van der Waals surface area contributed by atoms with Crippen LogP contribution < -0.4 is 9.47 Å². The molecular weight excluding hydrogens is 327 g/mol. The van der Waals surface area contributed by atoms with Crippen molar-refractivity contribution >= 4 is 21.7 Å². The van der Waals surface area contributed by atoms with Crippen LogP contribution in [0.1, 0.15) is 15.9 Å². The molecule has 3 nitrogen and oxygen atoms in total. The zero-order chi connectivity index (χ0) is 14.7. The van der Waals surface area contributed by atoms with Crippen molar-refractivity contribution in [2.75, 3.05) is 14.2 Å². The number of methoxy groups -OCH3 is 2. The van der Waals surface area contributed by atoms with Crippen LogP contribution in [-0.4, -0.2) is 20.0 Å². The molecule has 0 saturated heterocycles. The van der Waals surface area contributed by atoms with Crippen molar-refractivity contribution < 1.29 is 18.7 Å². The first-order valence-corrected chi connectivity index (χ1v) is 6.58.